The third kappa shape index (κ3) is 2.11. The zero-order valence-electron chi connectivity index (χ0n) is 10.3. The van der Waals surface area contributed by atoms with Gasteiger partial charge in [0.15, 0.2) is 0 Å². The number of pyridine rings is 1. The largest absolute Gasteiger partial charge is 0.495 e. The van der Waals surface area contributed by atoms with Crippen LogP contribution in [0.2, 0.25) is 0 Å². The molecular weight excluding hydrogens is 226 g/mol. The van der Waals surface area contributed by atoms with Gasteiger partial charge in [-0.05, 0) is 30.7 Å². The molecule has 0 saturated heterocycles. The zero-order valence-corrected chi connectivity index (χ0v) is 10.3. The van der Waals surface area contributed by atoms with Crippen molar-refractivity contribution in [3.63, 3.8) is 0 Å². The summed E-state index contributed by atoms with van der Waals surface area (Å²) in [5, 5.41) is 8.77. The maximum Gasteiger partial charge on any atom is 0.140 e. The molecule has 90 valence electrons. The minimum absolute atomic E-state index is 0.456. The molecule has 0 spiro atoms. The van der Waals surface area contributed by atoms with Gasteiger partial charge in [0.2, 0.25) is 0 Å². The van der Waals surface area contributed by atoms with Gasteiger partial charge < -0.3 is 10.5 Å². The van der Waals surface area contributed by atoms with Crippen LogP contribution >= 0.6 is 0 Å². The molecule has 2 rings (SSSR count). The van der Waals surface area contributed by atoms with Crippen molar-refractivity contribution in [3.8, 4) is 22.9 Å². The Balaban J connectivity index is 2.53. The van der Waals surface area contributed by atoms with E-state index >= 15 is 0 Å². The van der Waals surface area contributed by atoms with Gasteiger partial charge in [-0.15, -0.1) is 0 Å². The molecule has 2 N–H and O–H groups in total. The lowest BCUT2D eigenvalue weighted by Gasteiger charge is -2.10. The summed E-state index contributed by atoms with van der Waals surface area (Å²) >= 11 is 0. The molecule has 1 heterocycles. The number of methoxy groups -OCH3 is 1. The summed E-state index contributed by atoms with van der Waals surface area (Å²) in [5.41, 5.74) is 9.01. The second kappa shape index (κ2) is 4.76. The lowest BCUT2D eigenvalue weighted by molar-refractivity contribution is 0.409. The summed E-state index contributed by atoms with van der Waals surface area (Å²) < 4.78 is 5.24. The molecule has 0 unspecified atom stereocenters. The standard InChI is InChI=1S/C14H13N3O/c1-9-13(18-2)7-12(14(16)17-9)11-5-3-10(8-15)4-6-11/h3-7H,1-2H3,(H2,16,17). The number of nitriles is 1. The van der Waals surface area contributed by atoms with E-state index in [1.807, 2.05) is 25.1 Å². The molecule has 1 aromatic carbocycles. The summed E-state index contributed by atoms with van der Waals surface area (Å²) in [5.74, 6) is 1.15. The van der Waals surface area contributed by atoms with E-state index in [0.29, 0.717) is 17.1 Å². The Morgan fingerprint density at radius 3 is 2.50 bits per heavy atom. The highest BCUT2D eigenvalue weighted by Crippen LogP contribution is 2.30. The van der Waals surface area contributed by atoms with Crippen molar-refractivity contribution in [2.45, 2.75) is 6.92 Å². The fourth-order valence-electron chi connectivity index (χ4n) is 1.77. The Kier molecular flexibility index (Phi) is 3.16. The molecule has 0 fully saturated rings. The summed E-state index contributed by atoms with van der Waals surface area (Å²) in [7, 11) is 1.60. The van der Waals surface area contributed by atoms with Crippen LogP contribution in [-0.4, -0.2) is 12.1 Å². The Bertz CT molecular complexity index is 612. The monoisotopic (exact) mass is 239 g/mol. The summed E-state index contributed by atoms with van der Waals surface area (Å²) in [6, 6.07) is 11.1. The molecule has 1 aromatic heterocycles. The number of ether oxygens (including phenoxy) is 1. The normalized spacial score (nSPS) is 9.83. The molecule has 0 saturated carbocycles. The van der Waals surface area contributed by atoms with Crippen molar-refractivity contribution in [3.05, 3.63) is 41.6 Å². The highest BCUT2D eigenvalue weighted by molar-refractivity contribution is 5.75. The van der Waals surface area contributed by atoms with Gasteiger partial charge in [-0.2, -0.15) is 5.26 Å². The van der Waals surface area contributed by atoms with E-state index in [-0.39, 0.29) is 0 Å². The predicted octanol–water partition coefficient (Wildman–Crippen LogP) is 2.52. The third-order valence-electron chi connectivity index (χ3n) is 2.74. The first-order chi connectivity index (χ1) is 8.65. The van der Waals surface area contributed by atoms with Crippen LogP contribution in [0.4, 0.5) is 5.82 Å². The number of benzene rings is 1. The predicted molar refractivity (Wildman–Crippen MR) is 70.1 cm³/mol. The van der Waals surface area contributed by atoms with E-state index < -0.39 is 0 Å². The molecule has 18 heavy (non-hydrogen) atoms. The lowest BCUT2D eigenvalue weighted by atomic mass is 10.0. The topological polar surface area (TPSA) is 71.9 Å². The van der Waals surface area contributed by atoms with Crippen LogP contribution in [0.15, 0.2) is 30.3 Å². The highest BCUT2D eigenvalue weighted by atomic mass is 16.5. The SMILES string of the molecule is COc1cc(-c2ccc(C#N)cc2)c(N)nc1C. The summed E-state index contributed by atoms with van der Waals surface area (Å²) in [6.07, 6.45) is 0. The smallest absolute Gasteiger partial charge is 0.140 e. The van der Waals surface area contributed by atoms with Gasteiger partial charge in [-0.3, -0.25) is 0 Å². The maximum absolute atomic E-state index is 8.77. The van der Waals surface area contributed by atoms with Crippen molar-refractivity contribution in [2.24, 2.45) is 0 Å². The number of nitrogen functional groups attached to an aromatic ring is 1. The average molecular weight is 239 g/mol. The number of anilines is 1. The lowest BCUT2D eigenvalue weighted by Crippen LogP contribution is -1.99. The Hall–Kier alpha value is -2.54. The van der Waals surface area contributed by atoms with Gasteiger partial charge in [0, 0.05) is 5.56 Å². The molecule has 0 radical (unpaired) electrons. The Morgan fingerprint density at radius 2 is 1.94 bits per heavy atom. The first-order valence-electron chi connectivity index (χ1n) is 5.47. The van der Waals surface area contributed by atoms with E-state index in [9.17, 15) is 0 Å². The van der Waals surface area contributed by atoms with Crippen molar-refractivity contribution in [1.82, 2.24) is 4.98 Å². The van der Waals surface area contributed by atoms with Gasteiger partial charge >= 0.3 is 0 Å². The molecule has 0 aliphatic rings. The van der Waals surface area contributed by atoms with Crippen molar-refractivity contribution in [2.75, 3.05) is 12.8 Å². The first-order valence-corrected chi connectivity index (χ1v) is 5.47. The quantitative estimate of drug-likeness (QED) is 0.874. The zero-order chi connectivity index (χ0) is 13.1. The van der Waals surface area contributed by atoms with Crippen LogP contribution in [0.25, 0.3) is 11.1 Å². The Labute approximate surface area is 106 Å². The third-order valence-corrected chi connectivity index (χ3v) is 2.74. The fourth-order valence-corrected chi connectivity index (χ4v) is 1.77. The van der Waals surface area contributed by atoms with E-state index in [1.165, 1.54) is 0 Å². The van der Waals surface area contributed by atoms with Crippen molar-refractivity contribution in [1.29, 1.82) is 5.26 Å². The van der Waals surface area contributed by atoms with Crippen LogP contribution in [0.1, 0.15) is 11.3 Å². The van der Waals surface area contributed by atoms with Crippen LogP contribution in [0.3, 0.4) is 0 Å². The van der Waals surface area contributed by atoms with Gasteiger partial charge in [0.25, 0.3) is 0 Å². The van der Waals surface area contributed by atoms with Crippen LogP contribution in [0.5, 0.6) is 5.75 Å². The van der Waals surface area contributed by atoms with Crippen LogP contribution < -0.4 is 10.5 Å². The first kappa shape index (κ1) is 11.9. The van der Waals surface area contributed by atoms with Gasteiger partial charge in [-0.1, -0.05) is 12.1 Å². The second-order valence-electron chi connectivity index (χ2n) is 3.90. The van der Waals surface area contributed by atoms with Gasteiger partial charge in [0.05, 0.1) is 24.4 Å². The minimum Gasteiger partial charge on any atom is -0.495 e. The molecule has 0 aliphatic carbocycles. The molecule has 4 heteroatoms. The van der Waals surface area contributed by atoms with E-state index in [2.05, 4.69) is 11.1 Å². The van der Waals surface area contributed by atoms with Crippen LogP contribution in [0, 0.1) is 18.3 Å². The number of nitrogens with two attached hydrogens (primary N) is 1. The summed E-state index contributed by atoms with van der Waals surface area (Å²) in [6.45, 7) is 1.84. The van der Waals surface area contributed by atoms with Gasteiger partial charge in [0.1, 0.15) is 11.6 Å². The molecular formula is C14H13N3O. The van der Waals surface area contributed by atoms with E-state index in [0.717, 1.165) is 16.8 Å². The maximum atomic E-state index is 8.77. The van der Waals surface area contributed by atoms with E-state index in [4.69, 9.17) is 15.7 Å². The van der Waals surface area contributed by atoms with Crippen molar-refractivity contribution < 1.29 is 4.74 Å². The fraction of sp³-hybridized carbons (Fsp3) is 0.143. The number of aromatic nitrogens is 1. The number of aryl methyl sites for hydroxylation is 1. The Morgan fingerprint density at radius 1 is 1.28 bits per heavy atom. The molecule has 0 bridgehead atoms. The number of nitrogens with zero attached hydrogens (tertiary/aromatic N) is 2. The average Bonchev–Trinajstić information content (AvgIpc) is 2.39. The van der Waals surface area contributed by atoms with Crippen LogP contribution in [-0.2, 0) is 0 Å². The molecule has 2 aromatic rings. The number of rotatable bonds is 2. The molecule has 4 nitrogen and oxygen atoms in total. The minimum atomic E-state index is 0.456. The second-order valence-corrected chi connectivity index (χ2v) is 3.90. The summed E-state index contributed by atoms with van der Waals surface area (Å²) in [4.78, 5) is 4.25. The molecule has 0 amide bonds. The van der Waals surface area contributed by atoms with E-state index in [1.54, 1.807) is 19.2 Å². The number of hydrogen-bond donors (Lipinski definition) is 1. The highest BCUT2D eigenvalue weighted by Gasteiger charge is 2.09. The molecule has 0 aliphatic heterocycles. The number of hydrogen-bond acceptors (Lipinski definition) is 4. The van der Waals surface area contributed by atoms with Crippen molar-refractivity contribution >= 4 is 5.82 Å². The van der Waals surface area contributed by atoms with Gasteiger partial charge in [-0.25, -0.2) is 4.98 Å². The molecule has 0 atom stereocenters.